The van der Waals surface area contributed by atoms with Gasteiger partial charge in [0, 0.05) is 16.8 Å². The minimum atomic E-state index is -0.306. The Kier molecular flexibility index (Phi) is 6.26. The number of hydrogen-bond donors (Lipinski definition) is 1. The summed E-state index contributed by atoms with van der Waals surface area (Å²) >= 11 is 7.30. The van der Waals surface area contributed by atoms with Crippen LogP contribution in [0.15, 0.2) is 60.8 Å². The average molecular weight is 387 g/mol. The SMILES string of the molecule is COC(=O)C(Cc1ccc(NCc2cnc(Cl)s2)cc1)c1ccccc1. The molecule has 1 heterocycles. The van der Waals surface area contributed by atoms with Crippen LogP contribution >= 0.6 is 22.9 Å². The number of rotatable bonds is 7. The zero-order valence-electron chi connectivity index (χ0n) is 14.3. The van der Waals surface area contributed by atoms with Gasteiger partial charge < -0.3 is 10.1 Å². The molecule has 0 aliphatic carbocycles. The molecule has 26 heavy (non-hydrogen) atoms. The minimum Gasteiger partial charge on any atom is -0.469 e. The van der Waals surface area contributed by atoms with E-state index < -0.39 is 0 Å². The van der Waals surface area contributed by atoms with E-state index in [2.05, 4.69) is 10.3 Å². The van der Waals surface area contributed by atoms with Gasteiger partial charge in [0.25, 0.3) is 0 Å². The van der Waals surface area contributed by atoms with E-state index in [-0.39, 0.29) is 11.9 Å². The van der Waals surface area contributed by atoms with Crippen molar-refractivity contribution in [1.82, 2.24) is 4.98 Å². The maximum atomic E-state index is 12.2. The molecule has 0 radical (unpaired) electrons. The zero-order valence-corrected chi connectivity index (χ0v) is 15.9. The molecule has 0 bridgehead atoms. The fourth-order valence-corrected chi connectivity index (χ4v) is 3.63. The Morgan fingerprint density at radius 1 is 1.19 bits per heavy atom. The molecular formula is C20H19ClN2O2S. The molecule has 1 unspecified atom stereocenters. The predicted octanol–water partition coefficient (Wildman–Crippen LogP) is 4.91. The monoisotopic (exact) mass is 386 g/mol. The molecule has 1 atom stereocenters. The number of benzene rings is 2. The number of ether oxygens (including phenoxy) is 1. The van der Waals surface area contributed by atoms with Crippen molar-refractivity contribution in [3.63, 3.8) is 0 Å². The fourth-order valence-electron chi connectivity index (χ4n) is 2.71. The van der Waals surface area contributed by atoms with Crippen molar-refractivity contribution < 1.29 is 9.53 Å². The van der Waals surface area contributed by atoms with Crippen LogP contribution < -0.4 is 5.32 Å². The number of hydrogen-bond acceptors (Lipinski definition) is 5. The van der Waals surface area contributed by atoms with E-state index in [0.717, 1.165) is 21.7 Å². The first-order valence-corrected chi connectivity index (χ1v) is 9.41. The molecule has 1 aromatic heterocycles. The van der Waals surface area contributed by atoms with Crippen LogP contribution in [0.2, 0.25) is 4.47 Å². The highest BCUT2D eigenvalue weighted by atomic mass is 35.5. The second kappa shape index (κ2) is 8.83. The first-order valence-electron chi connectivity index (χ1n) is 8.21. The van der Waals surface area contributed by atoms with E-state index in [1.807, 2.05) is 54.6 Å². The molecule has 3 rings (SSSR count). The predicted molar refractivity (Wildman–Crippen MR) is 106 cm³/mol. The van der Waals surface area contributed by atoms with Crippen molar-refractivity contribution in [2.75, 3.05) is 12.4 Å². The summed E-state index contributed by atoms with van der Waals surface area (Å²) in [6, 6.07) is 17.8. The van der Waals surface area contributed by atoms with Crippen molar-refractivity contribution >= 4 is 34.6 Å². The quantitative estimate of drug-likeness (QED) is 0.586. The van der Waals surface area contributed by atoms with Gasteiger partial charge >= 0.3 is 5.97 Å². The number of anilines is 1. The summed E-state index contributed by atoms with van der Waals surface area (Å²) in [5.41, 5.74) is 3.05. The molecule has 0 amide bonds. The lowest BCUT2D eigenvalue weighted by Crippen LogP contribution is -2.16. The normalized spacial score (nSPS) is 11.8. The lowest BCUT2D eigenvalue weighted by atomic mass is 9.92. The van der Waals surface area contributed by atoms with E-state index in [1.165, 1.54) is 18.4 Å². The highest BCUT2D eigenvalue weighted by Crippen LogP contribution is 2.24. The van der Waals surface area contributed by atoms with Crippen LogP contribution in [0.25, 0.3) is 0 Å². The van der Waals surface area contributed by atoms with E-state index in [9.17, 15) is 4.79 Å². The molecule has 0 spiro atoms. The third kappa shape index (κ3) is 4.84. The third-order valence-electron chi connectivity index (χ3n) is 4.07. The van der Waals surface area contributed by atoms with Crippen LogP contribution in [0, 0.1) is 0 Å². The Morgan fingerprint density at radius 3 is 2.54 bits per heavy atom. The maximum Gasteiger partial charge on any atom is 0.313 e. The highest BCUT2D eigenvalue weighted by Gasteiger charge is 2.21. The van der Waals surface area contributed by atoms with Gasteiger partial charge in [0.2, 0.25) is 0 Å². The standard InChI is InChI=1S/C20H19ClN2O2S/c1-25-19(24)18(15-5-3-2-4-6-15)11-14-7-9-16(10-8-14)22-12-17-13-23-20(21)26-17/h2-10,13,18,22H,11-12H2,1H3. The smallest absolute Gasteiger partial charge is 0.313 e. The minimum absolute atomic E-state index is 0.222. The summed E-state index contributed by atoms with van der Waals surface area (Å²) in [5.74, 6) is -0.528. The summed E-state index contributed by atoms with van der Waals surface area (Å²) in [6.45, 7) is 0.679. The Bertz CT molecular complexity index is 850. The lowest BCUT2D eigenvalue weighted by Gasteiger charge is -2.15. The van der Waals surface area contributed by atoms with Crippen LogP contribution in [-0.4, -0.2) is 18.1 Å². The van der Waals surface area contributed by atoms with Crippen molar-refractivity contribution in [3.8, 4) is 0 Å². The summed E-state index contributed by atoms with van der Waals surface area (Å²) in [4.78, 5) is 17.3. The van der Waals surface area contributed by atoms with E-state index in [0.29, 0.717) is 17.4 Å². The first-order chi connectivity index (χ1) is 12.7. The molecular weight excluding hydrogens is 368 g/mol. The topological polar surface area (TPSA) is 51.2 Å². The molecule has 3 aromatic rings. The molecule has 0 aliphatic heterocycles. The number of halogens is 1. The number of carbonyl (C=O) groups excluding carboxylic acids is 1. The van der Waals surface area contributed by atoms with Crippen LogP contribution in [0.1, 0.15) is 21.9 Å². The Hall–Kier alpha value is -2.37. The number of esters is 1. The highest BCUT2D eigenvalue weighted by molar-refractivity contribution is 7.15. The number of methoxy groups -OCH3 is 1. The van der Waals surface area contributed by atoms with E-state index in [1.54, 1.807) is 6.20 Å². The molecule has 0 fully saturated rings. The number of aromatic nitrogens is 1. The summed E-state index contributed by atoms with van der Waals surface area (Å²) in [7, 11) is 1.43. The molecule has 0 aliphatic rings. The van der Waals surface area contributed by atoms with Crippen LogP contribution in [-0.2, 0) is 22.5 Å². The summed E-state index contributed by atoms with van der Waals surface area (Å²) < 4.78 is 5.53. The second-order valence-electron chi connectivity index (χ2n) is 5.82. The van der Waals surface area contributed by atoms with Gasteiger partial charge in [-0.2, -0.15) is 0 Å². The van der Waals surface area contributed by atoms with Crippen LogP contribution in [0.4, 0.5) is 5.69 Å². The molecule has 4 nitrogen and oxygen atoms in total. The number of nitrogens with one attached hydrogen (secondary N) is 1. The van der Waals surface area contributed by atoms with Gasteiger partial charge in [-0.15, -0.1) is 11.3 Å². The van der Waals surface area contributed by atoms with E-state index in [4.69, 9.17) is 16.3 Å². The van der Waals surface area contributed by atoms with Crippen molar-refractivity contribution in [2.24, 2.45) is 0 Å². The Labute approximate surface area is 161 Å². The van der Waals surface area contributed by atoms with Crippen molar-refractivity contribution in [2.45, 2.75) is 18.9 Å². The molecule has 6 heteroatoms. The van der Waals surface area contributed by atoms with Crippen LogP contribution in [0.5, 0.6) is 0 Å². The average Bonchev–Trinajstić information content (AvgIpc) is 3.10. The molecule has 1 N–H and O–H groups in total. The summed E-state index contributed by atoms with van der Waals surface area (Å²) in [5, 5.41) is 3.34. The van der Waals surface area contributed by atoms with Gasteiger partial charge in [-0.25, -0.2) is 4.98 Å². The third-order valence-corrected chi connectivity index (χ3v) is 5.19. The number of nitrogens with zero attached hydrogens (tertiary/aromatic N) is 1. The van der Waals surface area contributed by atoms with Gasteiger partial charge in [0.05, 0.1) is 19.6 Å². The van der Waals surface area contributed by atoms with Gasteiger partial charge in [0.15, 0.2) is 4.47 Å². The van der Waals surface area contributed by atoms with Crippen molar-refractivity contribution in [3.05, 3.63) is 81.3 Å². The molecule has 2 aromatic carbocycles. The summed E-state index contributed by atoms with van der Waals surface area (Å²) in [6.07, 6.45) is 2.37. The van der Waals surface area contributed by atoms with Gasteiger partial charge in [-0.3, -0.25) is 4.79 Å². The van der Waals surface area contributed by atoms with Gasteiger partial charge in [-0.1, -0.05) is 54.1 Å². The second-order valence-corrected chi connectivity index (χ2v) is 7.52. The maximum absolute atomic E-state index is 12.2. The largest absolute Gasteiger partial charge is 0.469 e. The van der Waals surface area contributed by atoms with Gasteiger partial charge in [0.1, 0.15) is 0 Å². The number of thiazole rings is 1. The van der Waals surface area contributed by atoms with Crippen molar-refractivity contribution in [1.29, 1.82) is 0 Å². The van der Waals surface area contributed by atoms with E-state index >= 15 is 0 Å². The Morgan fingerprint density at radius 2 is 1.92 bits per heavy atom. The zero-order chi connectivity index (χ0) is 18.4. The lowest BCUT2D eigenvalue weighted by molar-refractivity contribution is -0.142. The molecule has 0 saturated heterocycles. The fraction of sp³-hybridized carbons (Fsp3) is 0.200. The Balaban J connectivity index is 1.66. The van der Waals surface area contributed by atoms with Gasteiger partial charge in [-0.05, 0) is 29.7 Å². The van der Waals surface area contributed by atoms with Crippen LogP contribution in [0.3, 0.4) is 0 Å². The first kappa shape index (κ1) is 18.4. The molecule has 134 valence electrons. The molecule has 0 saturated carbocycles. The number of carbonyl (C=O) groups is 1.